The SMILES string of the molecule is COc1cc(Br)cc(F)c1C(C)(C)CO. The maximum Gasteiger partial charge on any atom is 0.131 e. The molecule has 0 bridgehead atoms. The van der Waals surface area contributed by atoms with Gasteiger partial charge in [-0.1, -0.05) is 29.8 Å². The molecule has 0 atom stereocenters. The second-order valence-electron chi connectivity index (χ2n) is 4.01. The highest BCUT2D eigenvalue weighted by Gasteiger charge is 2.27. The van der Waals surface area contributed by atoms with E-state index in [1.807, 2.05) is 0 Å². The fourth-order valence-corrected chi connectivity index (χ4v) is 1.86. The number of hydrogen-bond donors (Lipinski definition) is 1. The fourth-order valence-electron chi connectivity index (χ4n) is 1.45. The van der Waals surface area contributed by atoms with Gasteiger partial charge in [0, 0.05) is 15.5 Å². The van der Waals surface area contributed by atoms with Gasteiger partial charge in [0.1, 0.15) is 11.6 Å². The summed E-state index contributed by atoms with van der Waals surface area (Å²) < 4.78 is 19.5. The third-order valence-electron chi connectivity index (χ3n) is 2.31. The van der Waals surface area contributed by atoms with Gasteiger partial charge in [0.05, 0.1) is 13.7 Å². The van der Waals surface area contributed by atoms with E-state index in [4.69, 9.17) is 4.74 Å². The van der Waals surface area contributed by atoms with Crippen molar-refractivity contribution in [2.24, 2.45) is 0 Å². The lowest BCUT2D eigenvalue weighted by Crippen LogP contribution is -2.24. The summed E-state index contributed by atoms with van der Waals surface area (Å²) in [5.74, 6) is 0.0706. The van der Waals surface area contributed by atoms with Crippen LogP contribution in [0.15, 0.2) is 16.6 Å². The van der Waals surface area contributed by atoms with Gasteiger partial charge in [0.2, 0.25) is 0 Å². The number of aliphatic hydroxyl groups is 1. The van der Waals surface area contributed by atoms with Crippen LogP contribution in [0.2, 0.25) is 0 Å². The number of aliphatic hydroxyl groups excluding tert-OH is 1. The summed E-state index contributed by atoms with van der Waals surface area (Å²) in [6.07, 6.45) is 0. The molecule has 1 N–H and O–H groups in total. The number of methoxy groups -OCH3 is 1. The molecule has 0 aromatic heterocycles. The first kappa shape index (κ1) is 12.5. The minimum absolute atomic E-state index is 0.137. The number of hydrogen-bond acceptors (Lipinski definition) is 2. The van der Waals surface area contributed by atoms with Crippen molar-refractivity contribution in [3.8, 4) is 5.75 Å². The van der Waals surface area contributed by atoms with Crippen LogP contribution >= 0.6 is 15.9 Å². The van der Waals surface area contributed by atoms with Crippen molar-refractivity contribution in [3.05, 3.63) is 28.0 Å². The molecule has 0 heterocycles. The van der Waals surface area contributed by atoms with E-state index in [1.54, 1.807) is 19.9 Å². The van der Waals surface area contributed by atoms with E-state index in [0.717, 1.165) is 0 Å². The minimum atomic E-state index is -0.657. The van der Waals surface area contributed by atoms with Gasteiger partial charge in [-0.05, 0) is 12.1 Å². The maximum atomic E-state index is 13.8. The Labute approximate surface area is 97.2 Å². The Kier molecular flexibility index (Phi) is 3.73. The van der Waals surface area contributed by atoms with Gasteiger partial charge in [-0.2, -0.15) is 0 Å². The molecule has 0 unspecified atom stereocenters. The van der Waals surface area contributed by atoms with Crippen molar-refractivity contribution >= 4 is 15.9 Å². The predicted octanol–water partition coefficient (Wildman–Crippen LogP) is 2.87. The van der Waals surface area contributed by atoms with Gasteiger partial charge in [0.15, 0.2) is 0 Å². The average molecular weight is 277 g/mol. The Morgan fingerprint density at radius 2 is 2.07 bits per heavy atom. The minimum Gasteiger partial charge on any atom is -0.496 e. The molecule has 4 heteroatoms. The number of ether oxygens (including phenoxy) is 1. The van der Waals surface area contributed by atoms with Crippen LogP contribution in [0.4, 0.5) is 4.39 Å². The Bertz CT molecular complexity index is 364. The first-order valence-corrected chi connectivity index (χ1v) is 5.36. The molecule has 0 aliphatic carbocycles. The second kappa shape index (κ2) is 4.49. The lowest BCUT2D eigenvalue weighted by molar-refractivity contribution is 0.211. The molecule has 1 rings (SSSR count). The van der Waals surface area contributed by atoms with Gasteiger partial charge in [0.25, 0.3) is 0 Å². The summed E-state index contributed by atoms with van der Waals surface area (Å²) >= 11 is 3.19. The largest absolute Gasteiger partial charge is 0.496 e. The lowest BCUT2D eigenvalue weighted by Gasteiger charge is -2.25. The zero-order valence-corrected chi connectivity index (χ0v) is 10.6. The van der Waals surface area contributed by atoms with Gasteiger partial charge in [-0.3, -0.25) is 0 Å². The zero-order chi connectivity index (χ0) is 11.6. The van der Waals surface area contributed by atoms with Crippen LogP contribution in [0.1, 0.15) is 19.4 Å². The zero-order valence-electron chi connectivity index (χ0n) is 8.97. The van der Waals surface area contributed by atoms with Crippen LogP contribution in [-0.2, 0) is 5.41 Å². The molecule has 0 amide bonds. The van der Waals surface area contributed by atoms with Crippen LogP contribution in [0.3, 0.4) is 0 Å². The van der Waals surface area contributed by atoms with Gasteiger partial charge < -0.3 is 9.84 Å². The highest BCUT2D eigenvalue weighted by atomic mass is 79.9. The molecule has 0 radical (unpaired) electrons. The van der Waals surface area contributed by atoms with E-state index in [9.17, 15) is 9.50 Å². The van der Waals surface area contributed by atoms with E-state index in [1.165, 1.54) is 13.2 Å². The number of halogens is 2. The molecule has 0 aliphatic heterocycles. The van der Waals surface area contributed by atoms with Crippen LogP contribution in [0, 0.1) is 5.82 Å². The summed E-state index contributed by atoms with van der Waals surface area (Å²) in [6, 6.07) is 3.06. The van der Waals surface area contributed by atoms with E-state index in [2.05, 4.69) is 15.9 Å². The molecule has 15 heavy (non-hydrogen) atoms. The molecule has 0 spiro atoms. The third kappa shape index (κ3) is 2.49. The molecule has 0 saturated heterocycles. The average Bonchev–Trinajstić information content (AvgIpc) is 2.15. The standard InChI is InChI=1S/C11H14BrFO2/c1-11(2,6-14)10-8(13)4-7(12)5-9(10)15-3/h4-5,14H,6H2,1-3H3. The molecule has 0 fully saturated rings. The van der Waals surface area contributed by atoms with Crippen molar-refractivity contribution in [1.29, 1.82) is 0 Å². The van der Waals surface area contributed by atoms with Crippen molar-refractivity contribution in [2.45, 2.75) is 19.3 Å². The summed E-state index contributed by atoms with van der Waals surface area (Å²) in [5, 5.41) is 9.23. The number of benzene rings is 1. The van der Waals surface area contributed by atoms with E-state index in [-0.39, 0.29) is 12.4 Å². The number of rotatable bonds is 3. The molecule has 0 aliphatic rings. The topological polar surface area (TPSA) is 29.5 Å². The lowest BCUT2D eigenvalue weighted by atomic mass is 9.84. The molecule has 84 valence electrons. The summed E-state index contributed by atoms with van der Waals surface area (Å²) in [6.45, 7) is 3.39. The van der Waals surface area contributed by atoms with Gasteiger partial charge in [-0.25, -0.2) is 4.39 Å². The Balaban J connectivity index is 3.39. The van der Waals surface area contributed by atoms with E-state index >= 15 is 0 Å². The molecule has 2 nitrogen and oxygen atoms in total. The highest BCUT2D eigenvalue weighted by molar-refractivity contribution is 9.10. The first-order chi connectivity index (χ1) is 6.92. The normalized spacial score (nSPS) is 11.6. The smallest absolute Gasteiger partial charge is 0.131 e. The summed E-state index contributed by atoms with van der Waals surface area (Å²) in [4.78, 5) is 0. The van der Waals surface area contributed by atoms with Crippen LogP contribution in [-0.4, -0.2) is 18.8 Å². The molecule has 1 aromatic carbocycles. The maximum absolute atomic E-state index is 13.8. The van der Waals surface area contributed by atoms with E-state index < -0.39 is 5.41 Å². The van der Waals surface area contributed by atoms with E-state index in [0.29, 0.717) is 15.8 Å². The highest BCUT2D eigenvalue weighted by Crippen LogP contribution is 2.35. The van der Waals surface area contributed by atoms with Crippen LogP contribution < -0.4 is 4.74 Å². The molecular formula is C11H14BrFO2. The summed E-state index contributed by atoms with van der Waals surface area (Å²) in [7, 11) is 1.48. The fraction of sp³-hybridized carbons (Fsp3) is 0.455. The van der Waals surface area contributed by atoms with Crippen molar-refractivity contribution in [3.63, 3.8) is 0 Å². The predicted molar refractivity (Wildman–Crippen MR) is 60.8 cm³/mol. The Hall–Kier alpha value is -0.610. The quantitative estimate of drug-likeness (QED) is 0.920. The van der Waals surface area contributed by atoms with Gasteiger partial charge >= 0.3 is 0 Å². The van der Waals surface area contributed by atoms with Crippen LogP contribution in [0.5, 0.6) is 5.75 Å². The van der Waals surface area contributed by atoms with Crippen molar-refractivity contribution in [2.75, 3.05) is 13.7 Å². The third-order valence-corrected chi connectivity index (χ3v) is 2.77. The molecule has 1 aromatic rings. The second-order valence-corrected chi connectivity index (χ2v) is 4.92. The van der Waals surface area contributed by atoms with Gasteiger partial charge in [-0.15, -0.1) is 0 Å². The molecule has 0 saturated carbocycles. The summed E-state index contributed by atoms with van der Waals surface area (Å²) in [5.41, 5.74) is -0.258. The first-order valence-electron chi connectivity index (χ1n) is 4.56. The monoisotopic (exact) mass is 276 g/mol. The molecular weight excluding hydrogens is 263 g/mol. The van der Waals surface area contributed by atoms with Crippen LogP contribution in [0.25, 0.3) is 0 Å². The van der Waals surface area contributed by atoms with Crippen molar-refractivity contribution in [1.82, 2.24) is 0 Å². The van der Waals surface area contributed by atoms with Crippen molar-refractivity contribution < 1.29 is 14.2 Å². The Morgan fingerprint density at radius 3 is 2.53 bits per heavy atom. The Morgan fingerprint density at radius 1 is 1.47 bits per heavy atom.